The van der Waals surface area contributed by atoms with E-state index in [1.54, 1.807) is 28.0 Å². The average molecular weight is 429 g/mol. The van der Waals surface area contributed by atoms with Gasteiger partial charge < -0.3 is 9.47 Å². The first kappa shape index (κ1) is 18.5. The molecule has 148 valence electrons. The smallest absolute Gasteiger partial charge is 0.254 e. The highest BCUT2D eigenvalue weighted by atomic mass is 35.5. The lowest BCUT2D eigenvalue weighted by Gasteiger charge is -2.27. The summed E-state index contributed by atoms with van der Waals surface area (Å²) in [6.07, 6.45) is 1.41. The summed E-state index contributed by atoms with van der Waals surface area (Å²) in [4.78, 5) is 34.5. The van der Waals surface area contributed by atoms with Gasteiger partial charge in [-0.25, -0.2) is 4.98 Å². The summed E-state index contributed by atoms with van der Waals surface area (Å²) in [5.74, 6) is 0.345. The maximum Gasteiger partial charge on any atom is 0.254 e. The highest BCUT2D eigenvalue weighted by molar-refractivity contribution is 6.35. The van der Waals surface area contributed by atoms with Gasteiger partial charge in [0, 0.05) is 35.2 Å². The molecule has 0 spiro atoms. The zero-order chi connectivity index (χ0) is 20.1. The van der Waals surface area contributed by atoms with Gasteiger partial charge in [-0.05, 0) is 43.2 Å². The summed E-state index contributed by atoms with van der Waals surface area (Å²) in [5, 5.41) is 0.798. The molecule has 3 heterocycles. The Balaban J connectivity index is 1.44. The van der Waals surface area contributed by atoms with E-state index in [1.165, 1.54) is 0 Å². The summed E-state index contributed by atoms with van der Waals surface area (Å²) in [6, 6.07) is 12.1. The molecule has 2 aliphatic rings. The molecule has 8 heteroatoms. The zero-order valence-corrected chi connectivity index (χ0v) is 17.0. The molecule has 0 radical (unpaired) electrons. The lowest BCUT2D eigenvalue weighted by molar-refractivity contribution is -0.122. The van der Waals surface area contributed by atoms with E-state index in [-0.39, 0.29) is 11.8 Å². The van der Waals surface area contributed by atoms with Gasteiger partial charge in [0.05, 0.1) is 11.0 Å². The maximum atomic E-state index is 13.4. The van der Waals surface area contributed by atoms with Crippen LogP contribution in [0.1, 0.15) is 23.2 Å². The van der Waals surface area contributed by atoms with Crippen molar-refractivity contribution in [1.29, 1.82) is 0 Å². The number of benzene rings is 2. The van der Waals surface area contributed by atoms with Gasteiger partial charge in [0.2, 0.25) is 5.95 Å². The maximum absolute atomic E-state index is 13.4. The lowest BCUT2D eigenvalue weighted by atomic mass is 10.1. The SMILES string of the molecule is O=C(C1CCCN1C(=O)c1cc(Cl)cc(Cl)c1)N1CCn2c1nc1ccccc12. The molecule has 2 amide bonds. The van der Waals surface area contributed by atoms with Gasteiger partial charge in [-0.3, -0.25) is 14.5 Å². The molecule has 1 saturated heterocycles. The fraction of sp³-hybridized carbons (Fsp3) is 0.286. The Kier molecular flexibility index (Phi) is 4.48. The molecule has 2 aromatic carbocycles. The topological polar surface area (TPSA) is 58.4 Å². The molecule has 6 nitrogen and oxygen atoms in total. The molecule has 1 unspecified atom stereocenters. The molecule has 3 aromatic rings. The van der Waals surface area contributed by atoms with Crippen molar-refractivity contribution in [3.05, 3.63) is 58.1 Å². The molecular formula is C21H18Cl2N4O2. The van der Waals surface area contributed by atoms with Crippen LogP contribution in [-0.4, -0.2) is 45.4 Å². The van der Waals surface area contributed by atoms with Crippen molar-refractivity contribution in [1.82, 2.24) is 14.5 Å². The molecule has 1 aromatic heterocycles. The second-order valence-corrected chi connectivity index (χ2v) is 8.23. The summed E-state index contributed by atoms with van der Waals surface area (Å²) in [5.41, 5.74) is 2.29. The number of hydrogen-bond donors (Lipinski definition) is 0. The molecule has 5 rings (SSSR count). The number of carbonyl (C=O) groups excluding carboxylic acids is 2. The van der Waals surface area contributed by atoms with E-state index in [4.69, 9.17) is 23.2 Å². The number of aromatic nitrogens is 2. The van der Waals surface area contributed by atoms with Gasteiger partial charge in [-0.2, -0.15) is 0 Å². The van der Waals surface area contributed by atoms with Gasteiger partial charge in [0.1, 0.15) is 6.04 Å². The third-order valence-electron chi connectivity index (χ3n) is 5.60. The second kappa shape index (κ2) is 7.04. The minimum atomic E-state index is -0.508. The number of imidazole rings is 1. The molecule has 0 N–H and O–H groups in total. The van der Waals surface area contributed by atoms with Gasteiger partial charge in [-0.1, -0.05) is 35.3 Å². The average Bonchev–Trinajstić information content (AvgIpc) is 3.41. The minimum Gasteiger partial charge on any atom is -0.327 e. The normalized spacial score (nSPS) is 18.5. The largest absolute Gasteiger partial charge is 0.327 e. The molecule has 29 heavy (non-hydrogen) atoms. The van der Waals surface area contributed by atoms with Crippen molar-refractivity contribution in [2.75, 3.05) is 18.0 Å². The molecule has 0 saturated carbocycles. The predicted octanol–water partition coefficient (Wildman–Crippen LogP) is 3.99. The second-order valence-electron chi connectivity index (χ2n) is 7.36. The first-order valence-corrected chi connectivity index (χ1v) is 10.3. The van der Waals surface area contributed by atoms with Crippen molar-refractivity contribution < 1.29 is 9.59 Å². The Hall–Kier alpha value is -2.57. The standard InChI is InChI=1S/C21H18Cl2N4O2/c22-14-10-13(11-15(23)12-14)19(28)25-7-3-6-18(25)20(29)27-9-8-26-17-5-2-1-4-16(17)24-21(26)27/h1-2,4-5,10-12,18H,3,6-9H2. The van der Waals surface area contributed by atoms with Crippen molar-refractivity contribution in [3.63, 3.8) is 0 Å². The number of carbonyl (C=O) groups is 2. The van der Waals surface area contributed by atoms with E-state index < -0.39 is 6.04 Å². The van der Waals surface area contributed by atoms with Gasteiger partial charge in [0.25, 0.3) is 11.8 Å². The van der Waals surface area contributed by atoms with Crippen LogP contribution in [0.2, 0.25) is 10.0 Å². The number of para-hydroxylation sites is 2. The fourth-order valence-corrected chi connectivity index (χ4v) is 4.81. The van der Waals surface area contributed by atoms with E-state index in [9.17, 15) is 9.59 Å². The number of fused-ring (bicyclic) bond motifs is 3. The van der Waals surface area contributed by atoms with Crippen molar-refractivity contribution in [3.8, 4) is 0 Å². The molecule has 1 atom stereocenters. The monoisotopic (exact) mass is 428 g/mol. The van der Waals surface area contributed by atoms with E-state index in [0.717, 1.165) is 17.5 Å². The first-order valence-electron chi connectivity index (χ1n) is 9.56. The third-order valence-corrected chi connectivity index (χ3v) is 6.03. The lowest BCUT2D eigenvalue weighted by Crippen LogP contribution is -2.47. The van der Waals surface area contributed by atoms with E-state index >= 15 is 0 Å². The number of hydrogen-bond acceptors (Lipinski definition) is 3. The van der Waals surface area contributed by atoms with Crippen LogP contribution < -0.4 is 4.90 Å². The van der Waals surface area contributed by atoms with Crippen LogP contribution >= 0.6 is 23.2 Å². The van der Waals surface area contributed by atoms with Crippen molar-refractivity contribution in [2.45, 2.75) is 25.4 Å². The van der Waals surface area contributed by atoms with Crippen molar-refractivity contribution >= 4 is 52.0 Å². The van der Waals surface area contributed by atoms with Crippen LogP contribution in [0.15, 0.2) is 42.5 Å². The van der Waals surface area contributed by atoms with Crippen LogP contribution in [0, 0.1) is 0 Å². The summed E-state index contributed by atoms with van der Waals surface area (Å²) >= 11 is 12.1. The van der Waals surface area contributed by atoms with Gasteiger partial charge in [0.15, 0.2) is 0 Å². The number of nitrogens with zero attached hydrogens (tertiary/aromatic N) is 4. The number of amides is 2. The number of halogens is 2. The van der Waals surface area contributed by atoms with E-state index in [2.05, 4.69) is 9.55 Å². The minimum absolute atomic E-state index is 0.0852. The Bertz CT molecular complexity index is 1120. The highest BCUT2D eigenvalue weighted by Crippen LogP contribution is 2.31. The molecule has 0 aliphatic carbocycles. The van der Waals surface area contributed by atoms with Gasteiger partial charge >= 0.3 is 0 Å². The Labute approximate surface area is 177 Å². The molecular weight excluding hydrogens is 411 g/mol. The van der Waals surface area contributed by atoms with E-state index in [0.29, 0.717) is 47.6 Å². The zero-order valence-electron chi connectivity index (χ0n) is 15.5. The Morgan fingerprint density at radius 2 is 1.76 bits per heavy atom. The van der Waals surface area contributed by atoms with Crippen LogP contribution in [0.3, 0.4) is 0 Å². The van der Waals surface area contributed by atoms with Crippen LogP contribution in [-0.2, 0) is 11.3 Å². The van der Waals surface area contributed by atoms with Crippen LogP contribution in [0.5, 0.6) is 0 Å². The number of anilines is 1. The highest BCUT2D eigenvalue weighted by Gasteiger charge is 2.40. The quantitative estimate of drug-likeness (QED) is 0.619. The molecule has 1 fully saturated rings. The summed E-state index contributed by atoms with van der Waals surface area (Å²) in [6.45, 7) is 1.79. The van der Waals surface area contributed by atoms with Gasteiger partial charge in [-0.15, -0.1) is 0 Å². The Morgan fingerprint density at radius 1 is 1.00 bits per heavy atom. The summed E-state index contributed by atoms with van der Waals surface area (Å²) < 4.78 is 2.06. The first-order chi connectivity index (χ1) is 14.0. The third kappa shape index (κ3) is 3.07. The fourth-order valence-electron chi connectivity index (χ4n) is 4.29. The van der Waals surface area contributed by atoms with Crippen LogP contribution in [0.4, 0.5) is 5.95 Å². The van der Waals surface area contributed by atoms with Crippen LogP contribution in [0.25, 0.3) is 11.0 Å². The number of likely N-dealkylation sites (tertiary alicyclic amines) is 1. The summed E-state index contributed by atoms with van der Waals surface area (Å²) in [7, 11) is 0. The predicted molar refractivity (Wildman–Crippen MR) is 113 cm³/mol. The Morgan fingerprint density at radius 3 is 2.55 bits per heavy atom. The number of rotatable bonds is 2. The molecule has 0 bridgehead atoms. The molecule has 2 aliphatic heterocycles. The van der Waals surface area contributed by atoms with E-state index in [1.807, 2.05) is 24.3 Å². The van der Waals surface area contributed by atoms with Crippen molar-refractivity contribution in [2.24, 2.45) is 0 Å².